The van der Waals surface area contributed by atoms with Crippen molar-refractivity contribution < 1.29 is 9.59 Å². The van der Waals surface area contributed by atoms with Gasteiger partial charge < -0.3 is 22.1 Å². The van der Waals surface area contributed by atoms with Gasteiger partial charge in [-0.15, -0.1) is 12.4 Å². The van der Waals surface area contributed by atoms with Gasteiger partial charge in [0, 0.05) is 24.2 Å². The maximum absolute atomic E-state index is 12.3. The Bertz CT molecular complexity index is 519. The number of amides is 3. The third-order valence-electron chi connectivity index (χ3n) is 3.41. The fraction of sp³-hybridized carbons (Fsp3) is 0.500. The van der Waals surface area contributed by atoms with Gasteiger partial charge in [-0.3, -0.25) is 4.79 Å². The first-order chi connectivity index (χ1) is 10.3. The Kier molecular flexibility index (Phi) is 8.64. The van der Waals surface area contributed by atoms with Gasteiger partial charge in [-0.1, -0.05) is 26.0 Å². The largest absolute Gasteiger partial charge is 0.352 e. The third kappa shape index (κ3) is 7.34. The van der Waals surface area contributed by atoms with Gasteiger partial charge in [0.1, 0.15) is 0 Å². The van der Waals surface area contributed by atoms with Crippen LogP contribution in [0.25, 0.3) is 0 Å². The van der Waals surface area contributed by atoms with Crippen molar-refractivity contribution in [2.45, 2.75) is 39.3 Å². The van der Waals surface area contributed by atoms with E-state index in [2.05, 4.69) is 24.5 Å². The minimum atomic E-state index is -0.575. The smallest absolute Gasteiger partial charge is 0.312 e. The zero-order chi connectivity index (χ0) is 16.8. The average Bonchev–Trinajstić information content (AvgIpc) is 2.44. The first kappa shape index (κ1) is 21.2. The molecule has 0 saturated heterocycles. The first-order valence-corrected chi connectivity index (χ1v) is 7.40. The predicted octanol–water partition coefficient (Wildman–Crippen LogP) is 1.77. The highest BCUT2D eigenvalue weighted by atomic mass is 35.5. The molecule has 0 aliphatic rings. The van der Waals surface area contributed by atoms with Gasteiger partial charge in [-0.25, -0.2) is 4.79 Å². The number of nitrogens with two attached hydrogens (primary N) is 2. The van der Waals surface area contributed by atoms with E-state index >= 15 is 0 Å². The quantitative estimate of drug-likeness (QED) is 0.606. The molecule has 1 unspecified atom stereocenters. The molecule has 0 saturated carbocycles. The molecule has 7 heteroatoms. The molecule has 23 heavy (non-hydrogen) atoms. The van der Waals surface area contributed by atoms with E-state index in [9.17, 15) is 9.59 Å². The number of carbonyl (C=O) groups excluding carboxylic acids is 2. The molecule has 0 aromatic heterocycles. The van der Waals surface area contributed by atoms with Crippen LogP contribution in [0.2, 0.25) is 0 Å². The summed E-state index contributed by atoms with van der Waals surface area (Å²) < 4.78 is 0. The first-order valence-electron chi connectivity index (χ1n) is 7.40. The van der Waals surface area contributed by atoms with Crippen LogP contribution in [0.15, 0.2) is 24.3 Å². The number of halogens is 1. The van der Waals surface area contributed by atoms with Gasteiger partial charge in [0.05, 0.1) is 0 Å². The van der Waals surface area contributed by atoms with Gasteiger partial charge >= 0.3 is 6.03 Å². The summed E-state index contributed by atoms with van der Waals surface area (Å²) in [5.41, 5.74) is 11.8. The summed E-state index contributed by atoms with van der Waals surface area (Å²) in [6, 6.07) is 6.44. The summed E-state index contributed by atoms with van der Waals surface area (Å²) in [4.78, 5) is 23.0. The molecule has 1 aromatic carbocycles. The van der Waals surface area contributed by atoms with Crippen LogP contribution in [0, 0.1) is 5.92 Å². The van der Waals surface area contributed by atoms with Crippen molar-refractivity contribution in [3.8, 4) is 0 Å². The lowest BCUT2D eigenvalue weighted by Crippen LogP contribution is -2.52. The molecule has 0 bridgehead atoms. The molecule has 6 N–H and O–H groups in total. The van der Waals surface area contributed by atoms with Gasteiger partial charge in [-0.2, -0.15) is 0 Å². The zero-order valence-electron chi connectivity index (χ0n) is 13.9. The Morgan fingerprint density at radius 2 is 1.78 bits per heavy atom. The number of carbonyl (C=O) groups is 2. The van der Waals surface area contributed by atoms with Gasteiger partial charge in [0.15, 0.2) is 0 Å². The van der Waals surface area contributed by atoms with E-state index < -0.39 is 11.6 Å². The number of nitrogens with one attached hydrogen (secondary N) is 2. The molecule has 1 aromatic rings. The van der Waals surface area contributed by atoms with Gasteiger partial charge in [-0.05, 0) is 37.0 Å². The number of primary amides is 1. The van der Waals surface area contributed by atoms with E-state index in [1.807, 2.05) is 6.92 Å². The predicted molar refractivity (Wildman–Crippen MR) is 94.5 cm³/mol. The van der Waals surface area contributed by atoms with Crippen molar-refractivity contribution in [2.24, 2.45) is 17.4 Å². The van der Waals surface area contributed by atoms with Crippen molar-refractivity contribution in [1.29, 1.82) is 0 Å². The van der Waals surface area contributed by atoms with Crippen LogP contribution in [-0.2, 0) is 6.54 Å². The topological polar surface area (TPSA) is 110 Å². The van der Waals surface area contributed by atoms with Crippen LogP contribution in [0.5, 0.6) is 0 Å². The number of hydrogen-bond acceptors (Lipinski definition) is 3. The molecule has 0 radical (unpaired) electrons. The van der Waals surface area contributed by atoms with E-state index in [4.69, 9.17) is 11.5 Å². The fourth-order valence-corrected chi connectivity index (χ4v) is 2.40. The van der Waals surface area contributed by atoms with Gasteiger partial charge in [0.25, 0.3) is 5.91 Å². The standard InChI is InChI=1S/C16H26N4O2.ClH/c1-11(2)8-16(3,10-17)20-14(21)13-6-4-12(5-7-13)9-19-15(18)22;/h4-7,11H,8-10,17H2,1-3H3,(H,20,21)(H3,18,19,22);1H. The van der Waals surface area contributed by atoms with Crippen LogP contribution in [0.4, 0.5) is 4.79 Å². The second-order valence-electron chi connectivity index (χ2n) is 6.23. The van der Waals surface area contributed by atoms with Crippen molar-refractivity contribution >= 4 is 24.3 Å². The fourth-order valence-electron chi connectivity index (χ4n) is 2.40. The van der Waals surface area contributed by atoms with Crippen molar-refractivity contribution in [3.05, 3.63) is 35.4 Å². The summed E-state index contributed by atoms with van der Waals surface area (Å²) in [5, 5.41) is 5.51. The van der Waals surface area contributed by atoms with Crippen LogP contribution in [-0.4, -0.2) is 24.0 Å². The summed E-state index contributed by atoms with van der Waals surface area (Å²) in [6.45, 7) is 6.87. The lowest BCUT2D eigenvalue weighted by Gasteiger charge is -2.31. The maximum Gasteiger partial charge on any atom is 0.312 e. The zero-order valence-corrected chi connectivity index (χ0v) is 14.7. The number of hydrogen-bond donors (Lipinski definition) is 4. The van der Waals surface area contributed by atoms with Crippen LogP contribution < -0.4 is 22.1 Å². The SMILES string of the molecule is CC(C)CC(C)(CN)NC(=O)c1ccc(CNC(N)=O)cc1.Cl. The molecule has 1 rings (SSSR count). The van der Waals surface area contributed by atoms with E-state index in [1.165, 1.54) is 0 Å². The average molecular weight is 343 g/mol. The molecule has 0 fully saturated rings. The minimum absolute atomic E-state index is 0. The monoisotopic (exact) mass is 342 g/mol. The number of urea groups is 1. The molecule has 130 valence electrons. The summed E-state index contributed by atoms with van der Waals surface area (Å²) in [6.07, 6.45) is 0.815. The summed E-state index contributed by atoms with van der Waals surface area (Å²) >= 11 is 0. The molecule has 1 atom stereocenters. The maximum atomic E-state index is 12.3. The van der Waals surface area contributed by atoms with Gasteiger partial charge in [0.2, 0.25) is 0 Å². The second-order valence-corrected chi connectivity index (χ2v) is 6.23. The Hall–Kier alpha value is -1.79. The Morgan fingerprint density at radius 3 is 2.22 bits per heavy atom. The van der Waals surface area contributed by atoms with Crippen molar-refractivity contribution in [3.63, 3.8) is 0 Å². The van der Waals surface area contributed by atoms with Crippen LogP contribution in [0.1, 0.15) is 43.1 Å². The number of rotatable bonds is 7. The Labute approximate surface area is 143 Å². The summed E-state index contributed by atoms with van der Waals surface area (Å²) in [7, 11) is 0. The molecule has 0 aliphatic heterocycles. The molecule has 0 aliphatic carbocycles. The lowest BCUT2D eigenvalue weighted by atomic mass is 9.90. The normalized spacial score (nSPS) is 12.9. The Morgan fingerprint density at radius 1 is 1.22 bits per heavy atom. The number of benzene rings is 1. The highest BCUT2D eigenvalue weighted by Gasteiger charge is 2.26. The van der Waals surface area contributed by atoms with Crippen molar-refractivity contribution in [2.75, 3.05) is 6.54 Å². The molecule has 0 spiro atoms. The third-order valence-corrected chi connectivity index (χ3v) is 3.41. The lowest BCUT2D eigenvalue weighted by molar-refractivity contribution is 0.0898. The molecular formula is C16H27ClN4O2. The molecule has 6 nitrogen and oxygen atoms in total. The Balaban J connectivity index is 0.00000484. The van der Waals surface area contributed by atoms with E-state index in [0.29, 0.717) is 24.6 Å². The summed E-state index contributed by atoms with van der Waals surface area (Å²) in [5.74, 6) is 0.291. The molecule has 0 heterocycles. The highest BCUT2D eigenvalue weighted by molar-refractivity contribution is 5.94. The molecular weight excluding hydrogens is 316 g/mol. The molecule has 3 amide bonds. The second kappa shape index (κ2) is 9.37. The minimum Gasteiger partial charge on any atom is -0.352 e. The van der Waals surface area contributed by atoms with E-state index in [1.54, 1.807) is 24.3 Å². The van der Waals surface area contributed by atoms with E-state index in [-0.39, 0.29) is 18.3 Å². The van der Waals surface area contributed by atoms with Crippen LogP contribution in [0.3, 0.4) is 0 Å². The van der Waals surface area contributed by atoms with Crippen molar-refractivity contribution in [1.82, 2.24) is 10.6 Å². The highest BCUT2D eigenvalue weighted by Crippen LogP contribution is 2.16. The van der Waals surface area contributed by atoms with E-state index in [0.717, 1.165) is 12.0 Å². The van der Waals surface area contributed by atoms with Crippen LogP contribution >= 0.6 is 12.4 Å².